The van der Waals surface area contributed by atoms with Crippen molar-refractivity contribution in [1.82, 2.24) is 0 Å². The summed E-state index contributed by atoms with van der Waals surface area (Å²) in [6.45, 7) is 4.04. The number of hydrogen-bond donors (Lipinski definition) is 1. The second-order valence-electron chi connectivity index (χ2n) is 4.20. The molecule has 0 radical (unpaired) electrons. The average Bonchev–Trinajstić information content (AvgIpc) is 2.81. The summed E-state index contributed by atoms with van der Waals surface area (Å²) < 4.78 is 5.79. The van der Waals surface area contributed by atoms with E-state index in [9.17, 15) is 0 Å². The molecule has 18 heavy (non-hydrogen) atoms. The Bertz CT molecular complexity index is 470. The van der Waals surface area contributed by atoms with Gasteiger partial charge in [0.1, 0.15) is 5.75 Å². The summed E-state index contributed by atoms with van der Waals surface area (Å²) in [5.74, 6) is 0.878. The summed E-state index contributed by atoms with van der Waals surface area (Å²) in [4.78, 5) is 1.16. The summed E-state index contributed by atoms with van der Waals surface area (Å²) in [7, 11) is 0. The molecule has 0 aliphatic carbocycles. The second-order valence-corrected chi connectivity index (χ2v) is 5.18. The molecule has 2 nitrogen and oxygen atoms in total. The third-order valence-corrected chi connectivity index (χ3v) is 3.42. The number of hydrogen-bond acceptors (Lipinski definition) is 3. The Morgan fingerprint density at radius 2 is 1.83 bits per heavy atom. The SMILES string of the molecule is CC(C)Oc1ccccc1[C@@H](N)c1cccs1.Cl. The highest BCUT2D eigenvalue weighted by Crippen LogP contribution is 2.30. The fraction of sp³-hybridized carbons (Fsp3) is 0.286. The fourth-order valence-electron chi connectivity index (χ4n) is 1.72. The zero-order valence-corrected chi connectivity index (χ0v) is 12.1. The van der Waals surface area contributed by atoms with Crippen LogP contribution >= 0.6 is 23.7 Å². The van der Waals surface area contributed by atoms with Crippen molar-refractivity contribution < 1.29 is 4.74 Å². The summed E-state index contributed by atoms with van der Waals surface area (Å²) in [5.41, 5.74) is 7.31. The van der Waals surface area contributed by atoms with E-state index in [1.807, 2.05) is 49.6 Å². The van der Waals surface area contributed by atoms with Crippen molar-refractivity contribution in [2.45, 2.75) is 26.0 Å². The zero-order valence-electron chi connectivity index (χ0n) is 10.5. The fourth-order valence-corrected chi connectivity index (χ4v) is 2.47. The Morgan fingerprint density at radius 3 is 2.44 bits per heavy atom. The molecule has 2 N–H and O–H groups in total. The Hall–Kier alpha value is -1.03. The lowest BCUT2D eigenvalue weighted by Crippen LogP contribution is -2.14. The number of halogens is 1. The van der Waals surface area contributed by atoms with Crippen LogP contribution in [0.3, 0.4) is 0 Å². The third-order valence-electron chi connectivity index (χ3n) is 2.47. The van der Waals surface area contributed by atoms with Gasteiger partial charge in [-0.3, -0.25) is 0 Å². The van der Waals surface area contributed by atoms with Gasteiger partial charge in [0.05, 0.1) is 12.1 Å². The molecule has 0 unspecified atom stereocenters. The van der Waals surface area contributed by atoms with Crippen LogP contribution in [0.4, 0.5) is 0 Å². The van der Waals surface area contributed by atoms with Crippen LogP contribution in [-0.2, 0) is 0 Å². The van der Waals surface area contributed by atoms with E-state index < -0.39 is 0 Å². The van der Waals surface area contributed by atoms with Gasteiger partial charge in [0.25, 0.3) is 0 Å². The first-order valence-electron chi connectivity index (χ1n) is 5.73. The number of ether oxygens (including phenoxy) is 1. The van der Waals surface area contributed by atoms with Crippen molar-refractivity contribution in [3.63, 3.8) is 0 Å². The summed E-state index contributed by atoms with van der Waals surface area (Å²) >= 11 is 1.67. The van der Waals surface area contributed by atoms with Crippen molar-refractivity contribution in [1.29, 1.82) is 0 Å². The van der Waals surface area contributed by atoms with Gasteiger partial charge in [0.15, 0.2) is 0 Å². The number of benzene rings is 1. The number of rotatable bonds is 4. The topological polar surface area (TPSA) is 35.2 Å². The molecule has 0 amide bonds. The lowest BCUT2D eigenvalue weighted by molar-refractivity contribution is 0.239. The zero-order chi connectivity index (χ0) is 12.3. The number of nitrogens with two attached hydrogens (primary N) is 1. The molecule has 1 aromatic heterocycles. The van der Waals surface area contributed by atoms with Crippen molar-refractivity contribution in [3.05, 3.63) is 52.2 Å². The van der Waals surface area contributed by atoms with E-state index >= 15 is 0 Å². The van der Waals surface area contributed by atoms with E-state index in [0.717, 1.165) is 16.2 Å². The van der Waals surface area contributed by atoms with Crippen LogP contribution in [-0.4, -0.2) is 6.10 Å². The maximum atomic E-state index is 6.27. The van der Waals surface area contributed by atoms with Gasteiger partial charge >= 0.3 is 0 Å². The van der Waals surface area contributed by atoms with E-state index in [1.165, 1.54) is 0 Å². The Morgan fingerprint density at radius 1 is 1.11 bits per heavy atom. The van der Waals surface area contributed by atoms with Crippen molar-refractivity contribution in [2.24, 2.45) is 5.73 Å². The standard InChI is InChI=1S/C14H17NOS.ClH/c1-10(2)16-12-7-4-3-6-11(12)14(15)13-8-5-9-17-13;/h3-10,14H,15H2,1-2H3;1H/t14-;/m1./s1. The second kappa shape index (κ2) is 6.78. The highest BCUT2D eigenvalue weighted by Gasteiger charge is 2.15. The van der Waals surface area contributed by atoms with Crippen molar-refractivity contribution in [2.75, 3.05) is 0 Å². The quantitative estimate of drug-likeness (QED) is 0.920. The molecule has 1 atom stereocenters. The molecule has 4 heteroatoms. The molecule has 2 aromatic rings. The van der Waals surface area contributed by atoms with Gasteiger partial charge in [-0.25, -0.2) is 0 Å². The van der Waals surface area contributed by atoms with E-state index in [-0.39, 0.29) is 24.6 Å². The van der Waals surface area contributed by atoms with Gasteiger partial charge in [0, 0.05) is 10.4 Å². The van der Waals surface area contributed by atoms with E-state index in [0.29, 0.717) is 0 Å². The maximum absolute atomic E-state index is 6.27. The largest absolute Gasteiger partial charge is 0.491 e. The highest BCUT2D eigenvalue weighted by molar-refractivity contribution is 7.10. The van der Waals surface area contributed by atoms with Crippen LogP contribution in [0.2, 0.25) is 0 Å². The molecule has 0 saturated heterocycles. The maximum Gasteiger partial charge on any atom is 0.124 e. The molecular formula is C14H18ClNOS. The van der Waals surface area contributed by atoms with Gasteiger partial charge in [0.2, 0.25) is 0 Å². The molecule has 0 bridgehead atoms. The van der Waals surface area contributed by atoms with E-state index in [1.54, 1.807) is 11.3 Å². The van der Waals surface area contributed by atoms with Crippen molar-refractivity contribution >= 4 is 23.7 Å². The molecule has 1 aromatic carbocycles. The van der Waals surface area contributed by atoms with E-state index in [2.05, 4.69) is 6.07 Å². The minimum absolute atomic E-state index is 0. The van der Waals surface area contributed by atoms with Crippen LogP contribution in [0.5, 0.6) is 5.75 Å². The van der Waals surface area contributed by atoms with Crippen LogP contribution in [0.15, 0.2) is 41.8 Å². The predicted octanol–water partition coefficient (Wildman–Crippen LogP) is 4.01. The molecule has 1 heterocycles. The first kappa shape index (κ1) is 15.0. The minimum Gasteiger partial charge on any atom is -0.491 e. The minimum atomic E-state index is -0.107. The highest BCUT2D eigenvalue weighted by atomic mass is 35.5. The Kier molecular flexibility index (Phi) is 5.66. The van der Waals surface area contributed by atoms with Crippen LogP contribution in [0, 0.1) is 0 Å². The Labute approximate surface area is 118 Å². The van der Waals surface area contributed by atoms with Gasteiger partial charge in [-0.05, 0) is 31.4 Å². The predicted molar refractivity (Wildman–Crippen MR) is 79.8 cm³/mol. The van der Waals surface area contributed by atoms with Gasteiger partial charge in [-0.2, -0.15) is 0 Å². The lowest BCUT2D eigenvalue weighted by Gasteiger charge is -2.17. The monoisotopic (exact) mass is 283 g/mol. The third kappa shape index (κ3) is 3.48. The normalized spacial score (nSPS) is 12.0. The van der Waals surface area contributed by atoms with Gasteiger partial charge in [-0.15, -0.1) is 23.7 Å². The van der Waals surface area contributed by atoms with Crippen LogP contribution in [0.25, 0.3) is 0 Å². The number of thiophene rings is 1. The van der Waals surface area contributed by atoms with Crippen molar-refractivity contribution in [3.8, 4) is 5.75 Å². The molecule has 98 valence electrons. The summed E-state index contributed by atoms with van der Waals surface area (Å²) in [6, 6.07) is 11.9. The Balaban J connectivity index is 0.00000162. The molecule has 0 spiro atoms. The average molecular weight is 284 g/mol. The summed E-state index contributed by atoms with van der Waals surface area (Å²) in [6.07, 6.45) is 0.159. The van der Waals surface area contributed by atoms with Crippen LogP contribution < -0.4 is 10.5 Å². The van der Waals surface area contributed by atoms with Gasteiger partial charge in [-0.1, -0.05) is 24.3 Å². The summed E-state index contributed by atoms with van der Waals surface area (Å²) in [5, 5.41) is 2.04. The molecule has 0 fully saturated rings. The molecule has 2 rings (SSSR count). The van der Waals surface area contributed by atoms with E-state index in [4.69, 9.17) is 10.5 Å². The number of para-hydroxylation sites is 1. The molecular weight excluding hydrogens is 266 g/mol. The smallest absolute Gasteiger partial charge is 0.124 e. The molecule has 0 saturated carbocycles. The first-order valence-corrected chi connectivity index (χ1v) is 6.61. The first-order chi connectivity index (χ1) is 8.18. The van der Waals surface area contributed by atoms with Crippen LogP contribution in [0.1, 0.15) is 30.3 Å². The van der Waals surface area contributed by atoms with Gasteiger partial charge < -0.3 is 10.5 Å². The molecule has 0 aliphatic heterocycles. The molecule has 0 aliphatic rings. The lowest BCUT2D eigenvalue weighted by atomic mass is 10.1.